The zero-order valence-corrected chi connectivity index (χ0v) is 21.2. The Morgan fingerprint density at radius 2 is 1.94 bits per heavy atom. The molecule has 8 heteroatoms. The van der Waals surface area contributed by atoms with Crippen molar-refractivity contribution in [2.24, 2.45) is 22.7 Å². The molecule has 4 fully saturated rings. The van der Waals surface area contributed by atoms with Crippen molar-refractivity contribution in [3.8, 4) is 0 Å². The highest BCUT2D eigenvalue weighted by atomic mass is 19.1. The van der Waals surface area contributed by atoms with Gasteiger partial charge in [-0.2, -0.15) is 0 Å². The molecular formula is C28H35FO7. The van der Waals surface area contributed by atoms with Crippen LogP contribution in [0.25, 0.3) is 0 Å². The molecular weight excluding hydrogens is 467 g/mol. The highest BCUT2D eigenvalue weighted by Crippen LogP contribution is 2.72. The number of esters is 1. The third-order valence-corrected chi connectivity index (χ3v) is 10.8. The number of methoxy groups -OCH3 is 1. The molecule has 7 nitrogen and oxygen atoms in total. The summed E-state index contributed by atoms with van der Waals surface area (Å²) in [6.07, 6.45) is 6.64. The molecule has 1 saturated heterocycles. The first-order chi connectivity index (χ1) is 17.0. The molecule has 5 aliphatic carbocycles. The van der Waals surface area contributed by atoms with E-state index in [0.717, 1.165) is 12.8 Å². The first kappa shape index (κ1) is 24.4. The van der Waals surface area contributed by atoms with Crippen LogP contribution in [0.2, 0.25) is 0 Å². The van der Waals surface area contributed by atoms with Crippen LogP contribution in [0.4, 0.5) is 4.39 Å². The number of allylic oxidation sites excluding steroid dienone is 4. The predicted octanol–water partition coefficient (Wildman–Crippen LogP) is 3.52. The summed E-state index contributed by atoms with van der Waals surface area (Å²) in [5.74, 6) is -2.93. The number of aliphatic hydroxyl groups excluding tert-OH is 1. The fourth-order valence-corrected chi connectivity index (χ4v) is 9.01. The normalized spacial score (nSPS) is 48.1. The first-order valence-electron chi connectivity index (χ1n) is 13.2. The Labute approximate surface area is 210 Å². The minimum atomic E-state index is -2.01. The van der Waals surface area contributed by atoms with Crippen molar-refractivity contribution >= 4 is 17.5 Å². The van der Waals surface area contributed by atoms with Crippen molar-refractivity contribution in [1.29, 1.82) is 0 Å². The van der Waals surface area contributed by atoms with Crippen LogP contribution < -0.4 is 0 Å². The number of alkyl halides is 1. The van der Waals surface area contributed by atoms with Gasteiger partial charge in [0.15, 0.2) is 28.6 Å². The SMILES string of the molecule is COC(=O)CC(=O)C12OC3(CCCC3)OC1CC1C3CC=C4CC(=O)C=CC4(C)C3(F)C(O)CC12C. The van der Waals surface area contributed by atoms with Gasteiger partial charge < -0.3 is 19.3 Å². The molecule has 6 rings (SSSR count). The van der Waals surface area contributed by atoms with E-state index in [1.165, 1.54) is 13.2 Å². The van der Waals surface area contributed by atoms with Gasteiger partial charge in [-0.1, -0.05) is 24.6 Å². The second kappa shape index (κ2) is 7.58. The average molecular weight is 503 g/mol. The van der Waals surface area contributed by atoms with Gasteiger partial charge in [0, 0.05) is 36.0 Å². The zero-order valence-electron chi connectivity index (χ0n) is 21.2. The Morgan fingerprint density at radius 1 is 1.22 bits per heavy atom. The molecule has 0 radical (unpaired) electrons. The number of Topliss-reactive ketones (excluding diaryl/α,β-unsaturated/α-hetero) is 1. The number of ketones is 2. The van der Waals surface area contributed by atoms with Crippen LogP contribution in [0.1, 0.15) is 71.6 Å². The summed E-state index contributed by atoms with van der Waals surface area (Å²) in [7, 11) is 1.24. The fourth-order valence-electron chi connectivity index (χ4n) is 9.01. The van der Waals surface area contributed by atoms with Crippen molar-refractivity contribution in [1.82, 2.24) is 0 Å². The summed E-state index contributed by atoms with van der Waals surface area (Å²) in [5.41, 5.74) is -4.80. The van der Waals surface area contributed by atoms with Crippen LogP contribution in [-0.4, -0.2) is 59.0 Å². The summed E-state index contributed by atoms with van der Waals surface area (Å²) in [5, 5.41) is 11.6. The van der Waals surface area contributed by atoms with Gasteiger partial charge in [0.2, 0.25) is 0 Å². The van der Waals surface area contributed by atoms with E-state index >= 15 is 4.39 Å². The number of halogens is 1. The van der Waals surface area contributed by atoms with Crippen LogP contribution in [0.5, 0.6) is 0 Å². The molecule has 0 aromatic heterocycles. The summed E-state index contributed by atoms with van der Waals surface area (Å²) in [6, 6.07) is 0. The van der Waals surface area contributed by atoms with E-state index in [1.54, 1.807) is 13.0 Å². The van der Waals surface area contributed by atoms with Crippen molar-refractivity contribution in [3.63, 3.8) is 0 Å². The molecule has 6 aliphatic rings. The maximum absolute atomic E-state index is 17.4. The number of aliphatic hydroxyl groups is 1. The van der Waals surface area contributed by atoms with Gasteiger partial charge in [0.1, 0.15) is 6.42 Å². The highest BCUT2D eigenvalue weighted by Gasteiger charge is 2.80. The lowest BCUT2D eigenvalue weighted by atomic mass is 9.45. The lowest BCUT2D eigenvalue weighted by Crippen LogP contribution is -2.69. The first-order valence-corrected chi connectivity index (χ1v) is 13.2. The van der Waals surface area contributed by atoms with Crippen molar-refractivity contribution in [2.45, 2.75) is 101 Å². The smallest absolute Gasteiger partial charge is 0.313 e. The second-order valence-electron chi connectivity index (χ2n) is 12.2. The van der Waals surface area contributed by atoms with Crippen LogP contribution in [0.3, 0.4) is 0 Å². The Bertz CT molecular complexity index is 1090. The van der Waals surface area contributed by atoms with Gasteiger partial charge in [-0.3, -0.25) is 14.4 Å². The number of hydrogen-bond donors (Lipinski definition) is 1. The molecule has 0 amide bonds. The predicted molar refractivity (Wildman–Crippen MR) is 125 cm³/mol. The van der Waals surface area contributed by atoms with E-state index in [4.69, 9.17) is 14.2 Å². The monoisotopic (exact) mass is 502 g/mol. The number of rotatable bonds is 3. The molecule has 1 N–H and O–H groups in total. The molecule has 8 unspecified atom stereocenters. The van der Waals surface area contributed by atoms with Crippen molar-refractivity contribution in [3.05, 3.63) is 23.8 Å². The molecule has 0 aromatic rings. The molecule has 8 atom stereocenters. The largest absolute Gasteiger partial charge is 0.469 e. The third kappa shape index (κ3) is 2.76. The number of ether oxygens (including phenoxy) is 3. The Hall–Kier alpha value is -1.90. The Balaban J connectivity index is 1.45. The molecule has 1 aliphatic heterocycles. The van der Waals surface area contributed by atoms with Gasteiger partial charge in [-0.15, -0.1) is 0 Å². The molecule has 196 valence electrons. The summed E-state index contributed by atoms with van der Waals surface area (Å²) in [6.45, 7) is 3.68. The maximum atomic E-state index is 17.4. The Morgan fingerprint density at radius 3 is 2.64 bits per heavy atom. The van der Waals surface area contributed by atoms with Crippen LogP contribution in [0, 0.1) is 22.7 Å². The van der Waals surface area contributed by atoms with E-state index in [9.17, 15) is 19.5 Å². The van der Waals surface area contributed by atoms with Crippen LogP contribution in [0.15, 0.2) is 23.8 Å². The fraction of sp³-hybridized carbons (Fsp3) is 0.750. The minimum Gasteiger partial charge on any atom is -0.469 e. The number of hydrogen-bond acceptors (Lipinski definition) is 7. The molecule has 3 saturated carbocycles. The van der Waals surface area contributed by atoms with E-state index in [2.05, 4.69) is 0 Å². The van der Waals surface area contributed by atoms with E-state index in [1.807, 2.05) is 13.0 Å². The molecule has 1 heterocycles. The van der Waals surface area contributed by atoms with Gasteiger partial charge in [-0.05, 0) is 51.0 Å². The third-order valence-electron chi connectivity index (χ3n) is 10.8. The topological polar surface area (TPSA) is 99.1 Å². The standard InChI is InChI=1S/C28H35FO7/c1-24-11-8-17(30)12-16(24)6-7-18-19-13-22-28(20(31)14-23(33)34-3,36-26(35-22)9-4-5-10-26)25(19,2)15-21(32)27(18,24)29/h6,8,11,18-19,21-22,32H,4-5,7,9-10,12-15H2,1-3H3. The molecule has 0 bridgehead atoms. The van der Waals surface area contributed by atoms with E-state index < -0.39 is 64.2 Å². The van der Waals surface area contributed by atoms with Crippen molar-refractivity contribution in [2.75, 3.05) is 7.11 Å². The van der Waals surface area contributed by atoms with Crippen LogP contribution in [-0.2, 0) is 28.6 Å². The highest BCUT2D eigenvalue weighted by molar-refractivity contribution is 6.02. The maximum Gasteiger partial charge on any atom is 0.313 e. The molecule has 36 heavy (non-hydrogen) atoms. The molecule has 0 aromatic carbocycles. The van der Waals surface area contributed by atoms with Gasteiger partial charge in [-0.25, -0.2) is 4.39 Å². The summed E-state index contributed by atoms with van der Waals surface area (Å²) < 4.78 is 35.5. The van der Waals surface area contributed by atoms with Gasteiger partial charge in [0.05, 0.1) is 19.3 Å². The van der Waals surface area contributed by atoms with Gasteiger partial charge in [0.25, 0.3) is 0 Å². The number of carbonyl (C=O) groups is 3. The average Bonchev–Trinajstić information content (AvgIpc) is 3.48. The van der Waals surface area contributed by atoms with E-state index in [0.29, 0.717) is 31.3 Å². The van der Waals surface area contributed by atoms with E-state index in [-0.39, 0.29) is 24.5 Å². The summed E-state index contributed by atoms with van der Waals surface area (Å²) in [4.78, 5) is 38.3. The lowest BCUT2D eigenvalue weighted by Gasteiger charge is -2.62. The summed E-state index contributed by atoms with van der Waals surface area (Å²) >= 11 is 0. The van der Waals surface area contributed by atoms with Gasteiger partial charge >= 0.3 is 5.97 Å². The minimum absolute atomic E-state index is 0.00181. The number of fused-ring (bicyclic) bond motifs is 7. The lowest BCUT2D eigenvalue weighted by molar-refractivity contribution is -0.250. The number of carbonyl (C=O) groups excluding carboxylic acids is 3. The second-order valence-corrected chi connectivity index (χ2v) is 12.2. The quantitative estimate of drug-likeness (QED) is 0.358. The van der Waals surface area contributed by atoms with Crippen molar-refractivity contribution < 1.29 is 38.1 Å². The molecule has 1 spiro atoms. The van der Waals surface area contributed by atoms with Crippen LogP contribution >= 0.6 is 0 Å². The zero-order chi connectivity index (χ0) is 25.7. The Kier molecular flexibility index (Phi) is 5.14.